The van der Waals surface area contributed by atoms with E-state index in [1.807, 2.05) is 27.7 Å². The third-order valence-electron chi connectivity index (χ3n) is 7.20. The molecule has 0 fully saturated rings. The minimum Gasteiger partial charge on any atom is -0.352 e. The number of halogens is 3. The molecule has 0 unspecified atom stereocenters. The Balaban J connectivity index is 2.11. The Bertz CT molecular complexity index is 1530. The van der Waals surface area contributed by atoms with Crippen molar-refractivity contribution < 1.29 is 18.0 Å². The number of hydrogen-bond donors (Lipinski definition) is 1. The number of sulfonamides is 1. The number of anilines is 1. The summed E-state index contributed by atoms with van der Waals surface area (Å²) >= 11 is 18.6. The van der Waals surface area contributed by atoms with Crippen molar-refractivity contribution >= 4 is 62.3 Å². The van der Waals surface area contributed by atoms with Crippen LogP contribution in [0.15, 0.2) is 65.6 Å². The SMILES string of the molecule is CC[C@@H](C)NC(=O)[C@@H](CC)N(Cc1ccc(Cl)cc1Cl)C(=O)CN(c1ccc(C)c(C)c1)S(=O)(=O)c1ccc(Cl)cc1. The summed E-state index contributed by atoms with van der Waals surface area (Å²) < 4.78 is 29.1. The van der Waals surface area contributed by atoms with Crippen LogP contribution in [0.4, 0.5) is 5.69 Å². The molecule has 0 aromatic heterocycles. The van der Waals surface area contributed by atoms with E-state index < -0.39 is 28.5 Å². The van der Waals surface area contributed by atoms with Crippen molar-refractivity contribution in [2.45, 2.75) is 71.0 Å². The molecule has 0 saturated carbocycles. The summed E-state index contributed by atoms with van der Waals surface area (Å²) in [7, 11) is -4.21. The first-order chi connectivity index (χ1) is 19.8. The third kappa shape index (κ3) is 8.19. The first-order valence-corrected chi connectivity index (χ1v) is 16.2. The van der Waals surface area contributed by atoms with Gasteiger partial charge in [-0.15, -0.1) is 0 Å². The lowest BCUT2D eigenvalue weighted by molar-refractivity contribution is -0.140. The number of amides is 2. The fraction of sp³-hybridized carbons (Fsp3) is 0.355. The van der Waals surface area contributed by atoms with E-state index in [-0.39, 0.29) is 23.4 Å². The Morgan fingerprint density at radius 2 is 1.50 bits per heavy atom. The van der Waals surface area contributed by atoms with Crippen LogP contribution >= 0.6 is 34.8 Å². The van der Waals surface area contributed by atoms with Gasteiger partial charge in [-0.05, 0) is 98.8 Å². The highest BCUT2D eigenvalue weighted by Crippen LogP contribution is 2.28. The smallest absolute Gasteiger partial charge is 0.264 e. The molecule has 0 spiro atoms. The molecule has 226 valence electrons. The highest BCUT2D eigenvalue weighted by Gasteiger charge is 2.34. The molecule has 0 saturated heterocycles. The van der Waals surface area contributed by atoms with Gasteiger partial charge in [0.05, 0.1) is 10.6 Å². The fourth-order valence-corrected chi connectivity index (χ4v) is 6.34. The Morgan fingerprint density at radius 3 is 2.07 bits per heavy atom. The number of hydrogen-bond acceptors (Lipinski definition) is 4. The topological polar surface area (TPSA) is 86.8 Å². The maximum Gasteiger partial charge on any atom is 0.264 e. The molecule has 0 aliphatic rings. The van der Waals surface area contributed by atoms with E-state index in [1.54, 1.807) is 43.3 Å². The highest BCUT2D eigenvalue weighted by atomic mass is 35.5. The zero-order valence-corrected chi connectivity index (χ0v) is 27.4. The standard InChI is InChI=1S/C31H36Cl3N3O4S/c1-6-22(5)35-31(39)29(7-2)36(18-23-9-10-25(33)17-28(23)34)30(38)19-37(26-13-8-20(3)21(4)16-26)42(40,41)27-14-11-24(32)12-15-27/h8-17,22,29H,6-7,18-19H2,1-5H3,(H,35,39)/t22-,29-/m1/s1. The van der Waals surface area contributed by atoms with Crippen LogP contribution in [-0.2, 0) is 26.2 Å². The second kappa shape index (κ2) is 14.6. The van der Waals surface area contributed by atoms with Crippen LogP contribution in [0.25, 0.3) is 0 Å². The normalized spacial score (nSPS) is 12.9. The van der Waals surface area contributed by atoms with E-state index in [0.717, 1.165) is 15.4 Å². The van der Waals surface area contributed by atoms with Gasteiger partial charge in [0.1, 0.15) is 12.6 Å². The first-order valence-electron chi connectivity index (χ1n) is 13.7. The molecule has 0 heterocycles. The lowest BCUT2D eigenvalue weighted by atomic mass is 10.1. The number of nitrogens with zero attached hydrogens (tertiary/aromatic N) is 2. The largest absolute Gasteiger partial charge is 0.352 e. The number of rotatable bonds is 12. The van der Waals surface area contributed by atoms with Gasteiger partial charge >= 0.3 is 0 Å². The molecule has 2 atom stereocenters. The van der Waals surface area contributed by atoms with Crippen molar-refractivity contribution in [3.05, 3.63) is 92.4 Å². The molecule has 0 bridgehead atoms. The molecule has 3 aromatic rings. The van der Waals surface area contributed by atoms with Crippen LogP contribution in [0.3, 0.4) is 0 Å². The van der Waals surface area contributed by atoms with Gasteiger partial charge in [0.15, 0.2) is 0 Å². The third-order valence-corrected chi connectivity index (χ3v) is 9.83. The van der Waals surface area contributed by atoms with E-state index >= 15 is 0 Å². The molecule has 1 N–H and O–H groups in total. The van der Waals surface area contributed by atoms with Gasteiger partial charge in [0, 0.05) is 27.7 Å². The number of aryl methyl sites for hydroxylation is 2. The fourth-order valence-electron chi connectivity index (χ4n) is 4.34. The monoisotopic (exact) mass is 651 g/mol. The van der Waals surface area contributed by atoms with Crippen molar-refractivity contribution in [3.63, 3.8) is 0 Å². The van der Waals surface area contributed by atoms with Crippen LogP contribution < -0.4 is 9.62 Å². The van der Waals surface area contributed by atoms with E-state index in [2.05, 4.69) is 5.32 Å². The van der Waals surface area contributed by atoms with Gasteiger partial charge in [-0.3, -0.25) is 13.9 Å². The lowest BCUT2D eigenvalue weighted by Gasteiger charge is -2.34. The maximum absolute atomic E-state index is 14.2. The van der Waals surface area contributed by atoms with E-state index in [4.69, 9.17) is 34.8 Å². The van der Waals surface area contributed by atoms with Crippen molar-refractivity contribution in [1.29, 1.82) is 0 Å². The molecular formula is C31H36Cl3N3O4S. The number of carbonyl (C=O) groups is 2. The summed E-state index contributed by atoms with van der Waals surface area (Å²) in [6.45, 7) is 8.85. The average molecular weight is 653 g/mol. The van der Waals surface area contributed by atoms with Gasteiger partial charge in [-0.1, -0.05) is 60.8 Å². The Hall–Kier alpha value is -2.78. The van der Waals surface area contributed by atoms with Gasteiger partial charge in [0.2, 0.25) is 11.8 Å². The Morgan fingerprint density at radius 1 is 0.857 bits per heavy atom. The molecule has 0 aliphatic carbocycles. The van der Waals surface area contributed by atoms with Crippen LogP contribution in [0.1, 0.15) is 50.3 Å². The van der Waals surface area contributed by atoms with E-state index in [0.29, 0.717) is 39.2 Å². The Kier molecular flexibility index (Phi) is 11.7. The molecule has 3 rings (SSSR count). The highest BCUT2D eigenvalue weighted by molar-refractivity contribution is 7.92. The lowest BCUT2D eigenvalue weighted by Crippen LogP contribution is -2.53. The number of nitrogens with one attached hydrogen (secondary N) is 1. The second-order valence-electron chi connectivity index (χ2n) is 10.2. The van der Waals surface area contributed by atoms with Crippen molar-refractivity contribution in [2.75, 3.05) is 10.8 Å². The number of benzene rings is 3. The van der Waals surface area contributed by atoms with Gasteiger partial charge < -0.3 is 10.2 Å². The number of carbonyl (C=O) groups excluding carboxylic acids is 2. The van der Waals surface area contributed by atoms with Crippen molar-refractivity contribution in [2.24, 2.45) is 0 Å². The first kappa shape index (κ1) is 33.7. The van der Waals surface area contributed by atoms with Crippen LogP contribution in [-0.4, -0.2) is 43.8 Å². The molecule has 42 heavy (non-hydrogen) atoms. The summed E-state index contributed by atoms with van der Waals surface area (Å²) in [6.07, 6.45) is 1.01. The minimum atomic E-state index is -4.21. The molecule has 2 amide bonds. The zero-order chi connectivity index (χ0) is 31.2. The van der Waals surface area contributed by atoms with Gasteiger partial charge in [-0.25, -0.2) is 8.42 Å². The summed E-state index contributed by atoms with van der Waals surface area (Å²) in [5.74, 6) is -0.897. The summed E-state index contributed by atoms with van der Waals surface area (Å²) in [5, 5.41) is 4.10. The Labute approximate surface area is 263 Å². The maximum atomic E-state index is 14.2. The summed E-state index contributed by atoms with van der Waals surface area (Å²) in [5.41, 5.74) is 2.73. The van der Waals surface area contributed by atoms with Gasteiger partial charge in [-0.2, -0.15) is 0 Å². The molecule has 3 aromatic carbocycles. The molecule has 11 heteroatoms. The predicted octanol–water partition coefficient (Wildman–Crippen LogP) is 7.18. The average Bonchev–Trinajstić information content (AvgIpc) is 2.94. The van der Waals surface area contributed by atoms with E-state index in [9.17, 15) is 18.0 Å². The van der Waals surface area contributed by atoms with Crippen molar-refractivity contribution in [1.82, 2.24) is 10.2 Å². The zero-order valence-electron chi connectivity index (χ0n) is 24.3. The molecule has 0 aliphatic heterocycles. The van der Waals surface area contributed by atoms with E-state index in [1.165, 1.54) is 29.2 Å². The van der Waals surface area contributed by atoms with Crippen LogP contribution in [0.5, 0.6) is 0 Å². The van der Waals surface area contributed by atoms with Crippen molar-refractivity contribution in [3.8, 4) is 0 Å². The van der Waals surface area contributed by atoms with Gasteiger partial charge in [0.25, 0.3) is 10.0 Å². The molecule has 0 radical (unpaired) electrons. The summed E-state index contributed by atoms with van der Waals surface area (Å²) in [6, 6.07) is 14.9. The van der Waals surface area contributed by atoms with Crippen LogP contribution in [0, 0.1) is 13.8 Å². The quantitative estimate of drug-likeness (QED) is 0.225. The van der Waals surface area contributed by atoms with Crippen LogP contribution in [0.2, 0.25) is 15.1 Å². The molecule has 7 nitrogen and oxygen atoms in total. The second-order valence-corrected chi connectivity index (χ2v) is 13.4. The predicted molar refractivity (Wildman–Crippen MR) is 171 cm³/mol. The molecular weight excluding hydrogens is 617 g/mol. The summed E-state index contributed by atoms with van der Waals surface area (Å²) in [4.78, 5) is 29.0. The minimum absolute atomic E-state index is 0.0215.